The summed E-state index contributed by atoms with van der Waals surface area (Å²) in [5.41, 5.74) is 3.08. The van der Waals surface area contributed by atoms with E-state index < -0.39 is 0 Å². The molecule has 0 saturated carbocycles. The van der Waals surface area contributed by atoms with Crippen molar-refractivity contribution in [2.45, 2.75) is 51.7 Å². The van der Waals surface area contributed by atoms with Crippen molar-refractivity contribution in [2.75, 3.05) is 0 Å². The normalized spacial score (nSPS) is 13.7. The zero-order valence-electron chi connectivity index (χ0n) is 14.2. The highest BCUT2D eigenvalue weighted by Crippen LogP contribution is 2.40. The smallest absolute Gasteiger partial charge is 0.121 e. The Kier molecular flexibility index (Phi) is 6.23. The van der Waals surface area contributed by atoms with Crippen molar-refractivity contribution >= 4 is 0 Å². The molecule has 0 unspecified atom stereocenters. The van der Waals surface area contributed by atoms with E-state index in [1.165, 1.54) is 0 Å². The van der Waals surface area contributed by atoms with Crippen LogP contribution in [-0.4, -0.2) is 20.4 Å². The van der Waals surface area contributed by atoms with Gasteiger partial charge in [0.2, 0.25) is 0 Å². The fourth-order valence-electron chi connectivity index (χ4n) is 3.40. The van der Waals surface area contributed by atoms with Crippen molar-refractivity contribution in [3.63, 3.8) is 0 Å². The van der Waals surface area contributed by atoms with E-state index in [2.05, 4.69) is 13.8 Å². The van der Waals surface area contributed by atoms with Gasteiger partial charge in [0.15, 0.2) is 0 Å². The maximum atomic E-state index is 10.0. The Balaban J connectivity index is 2.39. The molecule has 2 rings (SSSR count). The maximum absolute atomic E-state index is 10.0. The predicted octanol–water partition coefficient (Wildman–Crippen LogP) is 3.77. The molecule has 2 aromatic carbocycles. The molecule has 24 heavy (non-hydrogen) atoms. The van der Waals surface area contributed by atoms with Crippen LogP contribution in [0.4, 0.5) is 0 Å². The molecule has 0 aromatic heterocycles. The Morgan fingerprint density at radius 1 is 0.708 bits per heavy atom. The topological polar surface area (TPSA) is 80.9 Å². The summed E-state index contributed by atoms with van der Waals surface area (Å²) in [5.74, 6) is 0.601. The molecule has 4 N–H and O–H groups in total. The van der Waals surface area contributed by atoms with Crippen molar-refractivity contribution in [3.05, 3.63) is 58.7 Å². The highest BCUT2D eigenvalue weighted by Gasteiger charge is 2.23. The largest absolute Gasteiger partial charge is 0.508 e. The average Bonchev–Trinajstić information content (AvgIpc) is 2.59. The van der Waals surface area contributed by atoms with Crippen molar-refractivity contribution < 1.29 is 20.4 Å². The van der Waals surface area contributed by atoms with Gasteiger partial charge < -0.3 is 20.4 Å². The van der Waals surface area contributed by atoms with Gasteiger partial charge in [0.1, 0.15) is 11.5 Å². The first-order chi connectivity index (χ1) is 11.5. The van der Waals surface area contributed by atoms with Crippen LogP contribution in [0.2, 0.25) is 0 Å². The summed E-state index contributed by atoms with van der Waals surface area (Å²) in [5, 5.41) is 38.5. The highest BCUT2D eigenvalue weighted by molar-refractivity contribution is 5.41. The molecule has 0 spiro atoms. The molecular weight excluding hydrogens is 304 g/mol. The molecule has 4 heteroatoms. The van der Waals surface area contributed by atoms with Crippen molar-refractivity contribution in [1.82, 2.24) is 0 Å². The lowest BCUT2D eigenvalue weighted by Gasteiger charge is -2.27. The van der Waals surface area contributed by atoms with Crippen LogP contribution in [0.5, 0.6) is 11.5 Å². The zero-order chi connectivity index (χ0) is 17.7. The fraction of sp³-hybridized carbons (Fsp3) is 0.400. The standard InChI is InChI=1S/C20H26O4/c1-3-17(13-5-7-15(11-21)19(23)9-13)18(4-2)14-6-8-16(12-22)20(24)10-14/h5-10,17-18,21-24H,3-4,11-12H2,1-2H3/t17-,18+. The monoisotopic (exact) mass is 330 g/mol. The lowest BCUT2D eigenvalue weighted by molar-refractivity contribution is 0.275. The molecule has 4 nitrogen and oxygen atoms in total. The van der Waals surface area contributed by atoms with Gasteiger partial charge in [0.05, 0.1) is 13.2 Å². The second kappa shape index (κ2) is 8.18. The lowest BCUT2D eigenvalue weighted by atomic mass is 9.78. The molecule has 0 saturated heterocycles. The fourth-order valence-corrected chi connectivity index (χ4v) is 3.40. The van der Waals surface area contributed by atoms with E-state index in [1.54, 1.807) is 24.3 Å². The molecule has 2 atom stereocenters. The minimum Gasteiger partial charge on any atom is -0.508 e. The SMILES string of the molecule is CC[C@H](c1ccc(CO)c(O)c1)[C@@H](CC)c1ccc(CO)c(O)c1. The van der Waals surface area contributed by atoms with E-state index in [9.17, 15) is 20.4 Å². The molecule has 0 radical (unpaired) electrons. The Morgan fingerprint density at radius 2 is 1.08 bits per heavy atom. The molecule has 0 aliphatic carbocycles. The van der Waals surface area contributed by atoms with Crippen LogP contribution in [0.25, 0.3) is 0 Å². The number of phenols is 2. The van der Waals surface area contributed by atoms with Crippen LogP contribution in [0.1, 0.15) is 60.8 Å². The third-order valence-corrected chi connectivity index (χ3v) is 4.78. The molecule has 0 amide bonds. The van der Waals surface area contributed by atoms with Gasteiger partial charge in [-0.15, -0.1) is 0 Å². The van der Waals surface area contributed by atoms with Crippen LogP contribution in [0.3, 0.4) is 0 Å². The predicted molar refractivity (Wildman–Crippen MR) is 94.1 cm³/mol. The van der Waals surface area contributed by atoms with Crippen LogP contribution >= 0.6 is 0 Å². The number of rotatable bonds is 7. The first-order valence-electron chi connectivity index (χ1n) is 8.40. The van der Waals surface area contributed by atoms with E-state index in [4.69, 9.17) is 0 Å². The first kappa shape index (κ1) is 18.3. The van der Waals surface area contributed by atoms with Gasteiger partial charge in [-0.3, -0.25) is 0 Å². The summed E-state index contributed by atoms with van der Waals surface area (Å²) >= 11 is 0. The minimum absolute atomic E-state index is 0.113. The van der Waals surface area contributed by atoms with Gasteiger partial charge in [0.25, 0.3) is 0 Å². The molecule has 0 aliphatic rings. The Morgan fingerprint density at radius 3 is 1.33 bits per heavy atom. The van der Waals surface area contributed by atoms with Gasteiger partial charge >= 0.3 is 0 Å². The molecule has 0 bridgehead atoms. The third kappa shape index (κ3) is 3.71. The van der Waals surface area contributed by atoms with Crippen molar-refractivity contribution in [2.24, 2.45) is 0 Å². The van der Waals surface area contributed by atoms with E-state index in [-0.39, 0.29) is 36.5 Å². The van der Waals surface area contributed by atoms with Gasteiger partial charge in [-0.1, -0.05) is 38.1 Å². The summed E-state index contributed by atoms with van der Waals surface area (Å²) < 4.78 is 0. The molecule has 2 aromatic rings. The molecule has 0 heterocycles. The highest BCUT2D eigenvalue weighted by atomic mass is 16.3. The lowest BCUT2D eigenvalue weighted by Crippen LogP contribution is -2.11. The van der Waals surface area contributed by atoms with Gasteiger partial charge in [0, 0.05) is 11.1 Å². The van der Waals surface area contributed by atoms with Gasteiger partial charge in [-0.2, -0.15) is 0 Å². The zero-order valence-corrected chi connectivity index (χ0v) is 14.2. The van der Waals surface area contributed by atoms with Gasteiger partial charge in [-0.05, 0) is 47.9 Å². The molecule has 130 valence electrons. The van der Waals surface area contributed by atoms with E-state index in [0.717, 1.165) is 24.0 Å². The van der Waals surface area contributed by atoms with Crippen LogP contribution in [0, 0.1) is 0 Å². The first-order valence-corrected chi connectivity index (χ1v) is 8.40. The second-order valence-corrected chi connectivity index (χ2v) is 6.12. The van der Waals surface area contributed by atoms with Crippen molar-refractivity contribution in [1.29, 1.82) is 0 Å². The minimum atomic E-state index is -0.184. The Bertz CT molecular complexity index is 622. The number of benzene rings is 2. The average molecular weight is 330 g/mol. The second-order valence-electron chi connectivity index (χ2n) is 6.12. The summed E-state index contributed by atoms with van der Waals surface area (Å²) in [6, 6.07) is 10.9. The molecule has 0 aliphatic heterocycles. The summed E-state index contributed by atoms with van der Waals surface area (Å²) in [7, 11) is 0. The maximum Gasteiger partial charge on any atom is 0.121 e. The van der Waals surface area contributed by atoms with Crippen LogP contribution in [-0.2, 0) is 13.2 Å². The number of aromatic hydroxyl groups is 2. The summed E-state index contributed by atoms with van der Waals surface area (Å²) in [6.45, 7) is 3.84. The van der Waals surface area contributed by atoms with E-state index >= 15 is 0 Å². The summed E-state index contributed by atoms with van der Waals surface area (Å²) in [4.78, 5) is 0. The number of aliphatic hydroxyl groups excluding tert-OH is 2. The quantitative estimate of drug-likeness (QED) is 0.623. The number of aliphatic hydroxyl groups is 2. The number of hydrogen-bond acceptors (Lipinski definition) is 4. The molecule has 0 fully saturated rings. The summed E-state index contributed by atoms with van der Waals surface area (Å²) in [6.07, 6.45) is 1.78. The van der Waals surface area contributed by atoms with Crippen molar-refractivity contribution in [3.8, 4) is 11.5 Å². The van der Waals surface area contributed by atoms with E-state index in [0.29, 0.717) is 11.1 Å². The van der Waals surface area contributed by atoms with E-state index in [1.807, 2.05) is 12.1 Å². The molecular formula is C20H26O4. The Labute approximate surface area is 143 Å². The third-order valence-electron chi connectivity index (χ3n) is 4.78. The Hall–Kier alpha value is -2.04. The number of hydrogen-bond donors (Lipinski definition) is 4. The van der Waals surface area contributed by atoms with Crippen LogP contribution in [0.15, 0.2) is 36.4 Å². The van der Waals surface area contributed by atoms with Crippen LogP contribution < -0.4 is 0 Å². The van der Waals surface area contributed by atoms with Gasteiger partial charge in [-0.25, -0.2) is 0 Å².